The smallest absolute Gasteiger partial charge is 0.323 e. The number of carbonyl (C=O) groups is 3. The number of amides is 3. The molecule has 1 spiro atoms. The fourth-order valence-electron chi connectivity index (χ4n) is 4.58. The van der Waals surface area contributed by atoms with Gasteiger partial charge in [0.15, 0.2) is 5.78 Å². The van der Waals surface area contributed by atoms with Crippen molar-refractivity contribution >= 4 is 29.3 Å². The van der Waals surface area contributed by atoms with Crippen LogP contribution in [0.25, 0.3) is 5.69 Å². The van der Waals surface area contributed by atoms with E-state index in [0.717, 1.165) is 41.2 Å². The normalized spacial score (nSPS) is 18.4. The van der Waals surface area contributed by atoms with Crippen LogP contribution in [0.15, 0.2) is 30.3 Å². The predicted octanol–water partition coefficient (Wildman–Crippen LogP) is 4.18. The Balaban J connectivity index is 1.58. The van der Waals surface area contributed by atoms with E-state index in [0.29, 0.717) is 23.4 Å². The lowest BCUT2D eigenvalue weighted by Gasteiger charge is -2.30. The number of imide groups is 1. The maximum absolute atomic E-state index is 13.0. The Hall–Kier alpha value is -2.60. The number of aryl methyl sites for hydroxylation is 1. The minimum absolute atomic E-state index is 0.239. The van der Waals surface area contributed by atoms with Crippen LogP contribution in [0.5, 0.6) is 0 Å². The number of urea groups is 1. The van der Waals surface area contributed by atoms with E-state index in [1.807, 2.05) is 30.5 Å². The van der Waals surface area contributed by atoms with Crippen molar-refractivity contribution < 1.29 is 14.4 Å². The zero-order chi connectivity index (χ0) is 20.8. The van der Waals surface area contributed by atoms with Crippen LogP contribution in [0, 0.1) is 13.8 Å². The maximum atomic E-state index is 13.0. The predicted molar refractivity (Wildman–Crippen MR) is 111 cm³/mol. The number of ketones is 1. The SMILES string of the molecule is Cc1cc(C(=O)CN2C(=O)NC3(CCCCC3)C2=O)c(C)n1-c1ccc(Cl)cc1. The molecule has 2 aromatic rings. The first-order valence-electron chi connectivity index (χ1n) is 9.94. The summed E-state index contributed by atoms with van der Waals surface area (Å²) in [7, 11) is 0. The van der Waals surface area contributed by atoms with Crippen molar-refractivity contribution in [2.45, 2.75) is 51.5 Å². The van der Waals surface area contributed by atoms with Gasteiger partial charge in [-0.3, -0.25) is 14.5 Å². The molecule has 1 aromatic carbocycles. The van der Waals surface area contributed by atoms with E-state index in [1.54, 1.807) is 18.2 Å². The molecule has 1 aliphatic heterocycles. The van der Waals surface area contributed by atoms with Crippen LogP contribution in [0.3, 0.4) is 0 Å². The molecule has 2 heterocycles. The standard InChI is InChI=1S/C22H24ClN3O3/c1-14-12-18(15(2)26(14)17-8-6-16(23)7-9-17)19(27)13-25-20(28)22(24-21(25)29)10-4-3-5-11-22/h6-9,12H,3-5,10-11,13H2,1-2H3,(H,24,29). The van der Waals surface area contributed by atoms with Crippen LogP contribution in [0.2, 0.25) is 5.02 Å². The van der Waals surface area contributed by atoms with E-state index in [4.69, 9.17) is 11.6 Å². The van der Waals surface area contributed by atoms with Crippen molar-refractivity contribution in [2.24, 2.45) is 0 Å². The molecule has 0 radical (unpaired) electrons. The molecule has 1 aliphatic carbocycles. The molecule has 1 N–H and O–H groups in total. The Morgan fingerprint density at radius 1 is 1.10 bits per heavy atom. The second kappa shape index (κ2) is 7.34. The van der Waals surface area contributed by atoms with Crippen LogP contribution in [-0.4, -0.2) is 39.3 Å². The Labute approximate surface area is 174 Å². The summed E-state index contributed by atoms with van der Waals surface area (Å²) >= 11 is 5.98. The van der Waals surface area contributed by atoms with Crippen molar-refractivity contribution in [3.8, 4) is 5.69 Å². The minimum atomic E-state index is -0.810. The van der Waals surface area contributed by atoms with Crippen LogP contribution in [0.4, 0.5) is 4.79 Å². The third-order valence-electron chi connectivity index (χ3n) is 6.07. The van der Waals surface area contributed by atoms with Crippen molar-refractivity contribution in [1.29, 1.82) is 0 Å². The van der Waals surface area contributed by atoms with Crippen LogP contribution in [0.1, 0.15) is 53.8 Å². The second-order valence-corrected chi connectivity index (χ2v) is 8.42. The third-order valence-corrected chi connectivity index (χ3v) is 6.32. The largest absolute Gasteiger partial charge is 0.325 e. The summed E-state index contributed by atoms with van der Waals surface area (Å²) in [5.41, 5.74) is 2.28. The molecule has 0 atom stereocenters. The van der Waals surface area contributed by atoms with Gasteiger partial charge in [-0.05, 0) is 57.0 Å². The highest BCUT2D eigenvalue weighted by atomic mass is 35.5. The first-order valence-corrected chi connectivity index (χ1v) is 10.3. The molecular formula is C22H24ClN3O3. The van der Waals surface area contributed by atoms with Gasteiger partial charge in [0, 0.05) is 27.7 Å². The van der Waals surface area contributed by atoms with E-state index in [-0.39, 0.29) is 18.2 Å². The zero-order valence-corrected chi connectivity index (χ0v) is 17.4. The zero-order valence-electron chi connectivity index (χ0n) is 16.6. The molecule has 0 unspecified atom stereocenters. The monoisotopic (exact) mass is 413 g/mol. The fraction of sp³-hybridized carbons (Fsp3) is 0.409. The number of carbonyl (C=O) groups excluding carboxylic acids is 3. The highest BCUT2D eigenvalue weighted by molar-refractivity contribution is 6.30. The first kappa shape index (κ1) is 19.7. The summed E-state index contributed by atoms with van der Waals surface area (Å²) in [6.07, 6.45) is 4.19. The average molecular weight is 414 g/mol. The Bertz CT molecular complexity index is 987. The summed E-state index contributed by atoms with van der Waals surface area (Å²) in [6, 6.07) is 8.72. The molecule has 152 valence electrons. The number of nitrogens with zero attached hydrogens (tertiary/aromatic N) is 2. The van der Waals surface area contributed by atoms with Gasteiger partial charge in [0.25, 0.3) is 5.91 Å². The Kier molecular flexibility index (Phi) is 4.99. The molecule has 7 heteroatoms. The summed E-state index contributed by atoms with van der Waals surface area (Å²) in [4.78, 5) is 39.5. The summed E-state index contributed by atoms with van der Waals surface area (Å²) in [5.74, 6) is -0.503. The number of halogens is 1. The van der Waals surface area contributed by atoms with Gasteiger partial charge in [0.2, 0.25) is 0 Å². The number of hydrogen-bond acceptors (Lipinski definition) is 3. The van der Waals surface area contributed by atoms with Crippen molar-refractivity contribution in [3.05, 3.63) is 52.3 Å². The lowest BCUT2D eigenvalue weighted by atomic mass is 9.82. The van der Waals surface area contributed by atoms with Gasteiger partial charge in [0.05, 0.1) is 6.54 Å². The quantitative estimate of drug-likeness (QED) is 0.603. The third kappa shape index (κ3) is 3.35. The maximum Gasteiger partial charge on any atom is 0.325 e. The molecule has 3 amide bonds. The number of rotatable bonds is 4. The van der Waals surface area contributed by atoms with Gasteiger partial charge in [-0.25, -0.2) is 4.79 Å². The molecule has 0 bridgehead atoms. The van der Waals surface area contributed by atoms with Crippen molar-refractivity contribution in [3.63, 3.8) is 0 Å². The number of benzene rings is 1. The molecule has 29 heavy (non-hydrogen) atoms. The van der Waals surface area contributed by atoms with E-state index in [9.17, 15) is 14.4 Å². The van der Waals surface area contributed by atoms with Crippen LogP contribution < -0.4 is 5.32 Å². The highest BCUT2D eigenvalue weighted by Crippen LogP contribution is 2.34. The fourth-order valence-corrected chi connectivity index (χ4v) is 4.70. The molecule has 2 fully saturated rings. The summed E-state index contributed by atoms with van der Waals surface area (Å²) in [5, 5.41) is 3.50. The second-order valence-electron chi connectivity index (χ2n) is 7.98. The number of aromatic nitrogens is 1. The van der Waals surface area contributed by atoms with Gasteiger partial charge in [0.1, 0.15) is 5.54 Å². The van der Waals surface area contributed by atoms with Gasteiger partial charge in [-0.15, -0.1) is 0 Å². The molecular weight excluding hydrogens is 390 g/mol. The van der Waals surface area contributed by atoms with Crippen molar-refractivity contribution in [1.82, 2.24) is 14.8 Å². The number of hydrogen-bond donors (Lipinski definition) is 1. The lowest BCUT2D eigenvalue weighted by molar-refractivity contribution is -0.132. The highest BCUT2D eigenvalue weighted by Gasteiger charge is 2.51. The van der Waals surface area contributed by atoms with Gasteiger partial charge in [-0.1, -0.05) is 30.9 Å². The Morgan fingerprint density at radius 3 is 2.41 bits per heavy atom. The van der Waals surface area contributed by atoms with Crippen LogP contribution in [-0.2, 0) is 4.79 Å². The van der Waals surface area contributed by atoms with E-state index < -0.39 is 11.6 Å². The molecule has 2 aliphatic rings. The molecule has 1 saturated carbocycles. The number of nitrogens with one attached hydrogen (secondary N) is 1. The minimum Gasteiger partial charge on any atom is -0.323 e. The average Bonchev–Trinajstić information content (AvgIpc) is 3.11. The molecule has 6 nitrogen and oxygen atoms in total. The van der Waals surface area contributed by atoms with Gasteiger partial charge < -0.3 is 9.88 Å². The van der Waals surface area contributed by atoms with Crippen molar-refractivity contribution in [2.75, 3.05) is 6.54 Å². The van der Waals surface area contributed by atoms with E-state index >= 15 is 0 Å². The van der Waals surface area contributed by atoms with E-state index in [1.165, 1.54) is 0 Å². The molecule has 1 saturated heterocycles. The summed E-state index contributed by atoms with van der Waals surface area (Å²) < 4.78 is 1.97. The molecule has 4 rings (SSSR count). The van der Waals surface area contributed by atoms with Gasteiger partial charge in [-0.2, -0.15) is 0 Å². The lowest BCUT2D eigenvalue weighted by Crippen LogP contribution is -2.48. The van der Waals surface area contributed by atoms with E-state index in [2.05, 4.69) is 5.32 Å². The van der Waals surface area contributed by atoms with Gasteiger partial charge >= 0.3 is 6.03 Å². The Morgan fingerprint density at radius 2 is 1.76 bits per heavy atom. The topological polar surface area (TPSA) is 71.4 Å². The van der Waals surface area contributed by atoms with Crippen LogP contribution >= 0.6 is 11.6 Å². The number of Topliss-reactive ketones (excluding diaryl/α,β-unsaturated/α-hetero) is 1. The summed E-state index contributed by atoms with van der Waals surface area (Å²) in [6.45, 7) is 3.55. The first-order chi connectivity index (χ1) is 13.8. The molecule has 1 aromatic heterocycles.